The van der Waals surface area contributed by atoms with Crippen molar-refractivity contribution in [3.63, 3.8) is 0 Å². The minimum atomic E-state index is 0.162. The quantitative estimate of drug-likeness (QED) is 0.792. The average molecular weight is 273 g/mol. The standard InChI is InChI=1S/C17H27N3/c1-7-11-19-15(17(5,6)8-2)12-16(18-19)20-13(3)9-10-14(20)4/h9-10,12H,7-8,11H2,1-6H3. The summed E-state index contributed by atoms with van der Waals surface area (Å²) in [7, 11) is 0. The Morgan fingerprint density at radius 3 is 2.20 bits per heavy atom. The van der Waals surface area contributed by atoms with Gasteiger partial charge in [0.05, 0.1) is 0 Å². The number of hydrogen-bond donors (Lipinski definition) is 0. The topological polar surface area (TPSA) is 22.8 Å². The van der Waals surface area contributed by atoms with E-state index in [2.05, 4.69) is 69.0 Å². The van der Waals surface area contributed by atoms with Crippen LogP contribution in [0.1, 0.15) is 57.6 Å². The predicted molar refractivity (Wildman–Crippen MR) is 84.6 cm³/mol. The molecule has 0 amide bonds. The number of hydrogen-bond acceptors (Lipinski definition) is 1. The normalized spacial score (nSPS) is 12.1. The van der Waals surface area contributed by atoms with E-state index in [-0.39, 0.29) is 5.41 Å². The molecule has 0 unspecified atom stereocenters. The molecule has 3 heteroatoms. The SMILES string of the molecule is CCCn1nc(-n2c(C)ccc2C)cc1C(C)(C)CC. The molecule has 2 aromatic rings. The summed E-state index contributed by atoms with van der Waals surface area (Å²) in [5, 5.41) is 4.86. The lowest BCUT2D eigenvalue weighted by atomic mass is 9.86. The zero-order valence-corrected chi connectivity index (χ0v) is 13.7. The van der Waals surface area contributed by atoms with Crippen LogP contribution in [0, 0.1) is 13.8 Å². The first kappa shape index (κ1) is 14.9. The lowest BCUT2D eigenvalue weighted by Gasteiger charge is -2.23. The van der Waals surface area contributed by atoms with Gasteiger partial charge in [-0.25, -0.2) is 0 Å². The van der Waals surface area contributed by atoms with E-state index < -0.39 is 0 Å². The summed E-state index contributed by atoms with van der Waals surface area (Å²) in [5.41, 5.74) is 3.98. The zero-order chi connectivity index (χ0) is 14.9. The lowest BCUT2D eigenvalue weighted by molar-refractivity contribution is 0.437. The summed E-state index contributed by atoms with van der Waals surface area (Å²) >= 11 is 0. The van der Waals surface area contributed by atoms with Gasteiger partial charge >= 0.3 is 0 Å². The molecular formula is C17H27N3. The highest BCUT2D eigenvalue weighted by molar-refractivity contribution is 5.35. The molecule has 3 nitrogen and oxygen atoms in total. The molecule has 0 saturated heterocycles. The molecule has 2 aromatic heterocycles. The molecule has 0 atom stereocenters. The molecule has 0 aliphatic heterocycles. The van der Waals surface area contributed by atoms with Gasteiger partial charge < -0.3 is 4.57 Å². The highest BCUT2D eigenvalue weighted by Crippen LogP contribution is 2.29. The molecule has 0 aromatic carbocycles. The van der Waals surface area contributed by atoms with Crippen molar-refractivity contribution in [3.05, 3.63) is 35.3 Å². The maximum Gasteiger partial charge on any atom is 0.159 e. The van der Waals surface area contributed by atoms with E-state index in [0.717, 1.165) is 25.2 Å². The predicted octanol–water partition coefficient (Wildman–Crippen LogP) is 4.39. The summed E-state index contributed by atoms with van der Waals surface area (Å²) in [6.07, 6.45) is 2.23. The smallest absolute Gasteiger partial charge is 0.159 e. The van der Waals surface area contributed by atoms with Crippen molar-refractivity contribution in [1.82, 2.24) is 14.3 Å². The molecule has 0 radical (unpaired) electrons. The van der Waals surface area contributed by atoms with Crippen molar-refractivity contribution in [2.24, 2.45) is 0 Å². The van der Waals surface area contributed by atoms with Gasteiger partial charge in [0.1, 0.15) is 0 Å². The summed E-state index contributed by atoms with van der Waals surface area (Å²) in [5.74, 6) is 1.05. The molecule has 2 rings (SSSR count). The molecule has 0 saturated carbocycles. The Bertz CT molecular complexity index is 568. The molecule has 20 heavy (non-hydrogen) atoms. The van der Waals surface area contributed by atoms with Crippen LogP contribution in [0.5, 0.6) is 0 Å². The number of aromatic nitrogens is 3. The highest BCUT2D eigenvalue weighted by atomic mass is 15.3. The van der Waals surface area contributed by atoms with Gasteiger partial charge in [0.2, 0.25) is 0 Å². The fraction of sp³-hybridized carbons (Fsp3) is 0.588. The number of rotatable bonds is 5. The van der Waals surface area contributed by atoms with Gasteiger partial charge in [-0.3, -0.25) is 4.68 Å². The second-order valence-electron chi connectivity index (χ2n) is 6.30. The molecule has 110 valence electrons. The molecular weight excluding hydrogens is 246 g/mol. The molecule has 2 heterocycles. The van der Waals surface area contributed by atoms with Crippen LogP contribution < -0.4 is 0 Å². The first-order valence-corrected chi connectivity index (χ1v) is 7.64. The Hall–Kier alpha value is -1.51. The van der Waals surface area contributed by atoms with Crippen LogP contribution in [0.15, 0.2) is 18.2 Å². The molecule has 0 aliphatic carbocycles. The van der Waals surface area contributed by atoms with Gasteiger partial charge in [-0.1, -0.05) is 27.7 Å². The Balaban J connectivity index is 2.55. The Kier molecular flexibility index (Phi) is 4.07. The maximum atomic E-state index is 4.86. The minimum Gasteiger partial charge on any atom is -0.302 e. The van der Waals surface area contributed by atoms with Gasteiger partial charge in [0, 0.05) is 35.1 Å². The third-order valence-corrected chi connectivity index (χ3v) is 4.28. The number of nitrogens with zero attached hydrogens (tertiary/aromatic N) is 3. The van der Waals surface area contributed by atoms with Crippen molar-refractivity contribution >= 4 is 0 Å². The van der Waals surface area contributed by atoms with E-state index in [0.29, 0.717) is 0 Å². The van der Waals surface area contributed by atoms with Crippen molar-refractivity contribution in [2.75, 3.05) is 0 Å². The van der Waals surface area contributed by atoms with Gasteiger partial charge in [0.25, 0.3) is 0 Å². The monoisotopic (exact) mass is 273 g/mol. The van der Waals surface area contributed by atoms with Crippen molar-refractivity contribution in [1.29, 1.82) is 0 Å². The van der Waals surface area contributed by atoms with Gasteiger partial charge in [-0.2, -0.15) is 5.10 Å². The summed E-state index contributed by atoms with van der Waals surface area (Å²) < 4.78 is 4.43. The van der Waals surface area contributed by atoms with Crippen molar-refractivity contribution in [3.8, 4) is 5.82 Å². The second kappa shape index (κ2) is 5.47. The largest absolute Gasteiger partial charge is 0.302 e. The van der Waals surface area contributed by atoms with Crippen molar-refractivity contribution in [2.45, 2.75) is 66.3 Å². The Morgan fingerprint density at radius 1 is 1.10 bits per heavy atom. The van der Waals surface area contributed by atoms with E-state index in [1.165, 1.54) is 17.1 Å². The summed E-state index contributed by atoms with van der Waals surface area (Å²) in [6.45, 7) is 14.3. The van der Waals surface area contributed by atoms with E-state index in [1.54, 1.807) is 0 Å². The third kappa shape index (κ3) is 2.54. The van der Waals surface area contributed by atoms with Crippen LogP contribution in [0.4, 0.5) is 0 Å². The van der Waals surface area contributed by atoms with E-state index in [9.17, 15) is 0 Å². The van der Waals surface area contributed by atoms with Gasteiger partial charge in [-0.15, -0.1) is 0 Å². The van der Waals surface area contributed by atoms with Gasteiger partial charge in [-0.05, 0) is 38.8 Å². The van der Waals surface area contributed by atoms with Gasteiger partial charge in [0.15, 0.2) is 5.82 Å². The third-order valence-electron chi connectivity index (χ3n) is 4.28. The highest BCUT2D eigenvalue weighted by Gasteiger charge is 2.24. The fourth-order valence-electron chi connectivity index (χ4n) is 2.65. The van der Waals surface area contributed by atoms with E-state index in [1.807, 2.05) is 0 Å². The van der Waals surface area contributed by atoms with Crippen LogP contribution in [-0.2, 0) is 12.0 Å². The molecule has 0 aliphatic rings. The van der Waals surface area contributed by atoms with Crippen LogP contribution in [0.3, 0.4) is 0 Å². The minimum absolute atomic E-state index is 0.162. The Morgan fingerprint density at radius 2 is 1.70 bits per heavy atom. The van der Waals surface area contributed by atoms with Crippen LogP contribution >= 0.6 is 0 Å². The molecule has 0 N–H and O–H groups in total. The lowest BCUT2D eigenvalue weighted by Crippen LogP contribution is -2.21. The van der Waals surface area contributed by atoms with E-state index in [4.69, 9.17) is 5.10 Å². The second-order valence-corrected chi connectivity index (χ2v) is 6.30. The summed E-state index contributed by atoms with van der Waals surface area (Å²) in [4.78, 5) is 0. The van der Waals surface area contributed by atoms with Crippen LogP contribution in [-0.4, -0.2) is 14.3 Å². The first-order valence-electron chi connectivity index (χ1n) is 7.64. The first-order chi connectivity index (χ1) is 9.40. The average Bonchev–Trinajstić information content (AvgIpc) is 2.94. The fourth-order valence-corrected chi connectivity index (χ4v) is 2.65. The van der Waals surface area contributed by atoms with E-state index >= 15 is 0 Å². The maximum absolute atomic E-state index is 4.86. The van der Waals surface area contributed by atoms with Crippen molar-refractivity contribution < 1.29 is 0 Å². The number of aryl methyl sites for hydroxylation is 3. The van der Waals surface area contributed by atoms with Crippen LogP contribution in [0.25, 0.3) is 5.82 Å². The Labute approximate surface area is 122 Å². The zero-order valence-electron chi connectivity index (χ0n) is 13.7. The molecule has 0 bridgehead atoms. The van der Waals surface area contributed by atoms with Crippen LogP contribution in [0.2, 0.25) is 0 Å². The molecule has 0 fully saturated rings. The molecule has 0 spiro atoms. The summed E-state index contributed by atoms with van der Waals surface area (Å²) in [6, 6.07) is 6.57.